The lowest BCUT2D eigenvalue weighted by molar-refractivity contribution is 0.400. The summed E-state index contributed by atoms with van der Waals surface area (Å²) < 4.78 is 0. The molecule has 9 rings (SSSR count). The normalized spacial score (nSPS) is 15.0. The number of fused-ring (bicyclic) bond motifs is 9. The van der Waals surface area contributed by atoms with Crippen LogP contribution < -0.4 is 10.9 Å². The Bertz CT molecular complexity index is 2520. The highest BCUT2D eigenvalue weighted by molar-refractivity contribution is 6.59. The molecule has 0 unspecified atom stereocenters. The first-order valence-electron chi connectivity index (χ1n) is 27.2. The highest BCUT2D eigenvalue weighted by Gasteiger charge is 2.51. The van der Waals surface area contributed by atoms with Gasteiger partial charge in [0, 0.05) is 10.8 Å². The zero-order chi connectivity index (χ0) is 48.2. The van der Waals surface area contributed by atoms with Crippen LogP contribution in [0.2, 0.25) is 0 Å². The minimum Gasteiger partial charge on any atom is -0.423 e. The van der Waals surface area contributed by atoms with Gasteiger partial charge in [-0.3, -0.25) is 0 Å². The average molecular weight is 919 g/mol. The van der Waals surface area contributed by atoms with Crippen molar-refractivity contribution in [3.8, 4) is 33.4 Å². The lowest BCUT2D eigenvalue weighted by Gasteiger charge is -2.38. The van der Waals surface area contributed by atoms with Crippen molar-refractivity contribution in [2.45, 2.75) is 172 Å². The summed E-state index contributed by atoms with van der Waals surface area (Å²) in [5.74, 6) is 0. The van der Waals surface area contributed by atoms with Gasteiger partial charge >= 0.3 is 14.2 Å². The molecular weight excluding hydrogens is 842 g/mol. The van der Waals surface area contributed by atoms with Gasteiger partial charge in [0.2, 0.25) is 0 Å². The third-order valence-electron chi connectivity index (χ3n) is 17.0. The van der Waals surface area contributed by atoms with Gasteiger partial charge in [-0.2, -0.15) is 0 Å². The molecule has 69 heavy (non-hydrogen) atoms. The number of hydrogen-bond acceptors (Lipinski definition) is 4. The Balaban J connectivity index is 1.35. The lowest BCUT2D eigenvalue weighted by atomic mass is 9.62. The number of hydrogen-bond donors (Lipinski definition) is 4. The SMILES string of the molecule is CCCCCCC1(CCCCCC)c2ccccc2-c2ccc(C3(c4ccc5c(c4)C(CCCCCC)(CCCCCC)c4ccccc4-5)c4cc(B(O)O)ccc4-c4ccc(B(O)O)cc43)cc21. The Hall–Kier alpha value is -4.71. The summed E-state index contributed by atoms with van der Waals surface area (Å²) in [6.45, 7) is 9.19. The molecule has 4 N–H and O–H groups in total. The van der Waals surface area contributed by atoms with Gasteiger partial charge in [0.15, 0.2) is 0 Å². The summed E-state index contributed by atoms with van der Waals surface area (Å²) in [6, 6.07) is 44.9. The fourth-order valence-electron chi connectivity index (χ4n) is 13.6. The minimum absolute atomic E-state index is 0.160. The van der Waals surface area contributed by atoms with Crippen molar-refractivity contribution in [1.29, 1.82) is 0 Å². The summed E-state index contributed by atoms with van der Waals surface area (Å²) in [7, 11) is -3.32. The molecule has 0 heterocycles. The molecule has 0 saturated heterocycles. The molecule has 0 aromatic heterocycles. The number of rotatable bonds is 24. The van der Waals surface area contributed by atoms with E-state index in [-0.39, 0.29) is 10.8 Å². The predicted molar refractivity (Wildman–Crippen MR) is 291 cm³/mol. The van der Waals surface area contributed by atoms with Gasteiger partial charge in [-0.1, -0.05) is 252 Å². The molecule has 0 atom stereocenters. The number of unbranched alkanes of at least 4 members (excludes halogenated alkanes) is 12. The van der Waals surface area contributed by atoms with Crippen LogP contribution in [0.1, 0.15) is 201 Å². The summed E-state index contributed by atoms with van der Waals surface area (Å²) in [6.07, 6.45) is 23.6. The summed E-state index contributed by atoms with van der Waals surface area (Å²) in [5.41, 5.74) is 16.9. The van der Waals surface area contributed by atoms with E-state index < -0.39 is 19.7 Å². The highest BCUT2D eigenvalue weighted by atomic mass is 16.4. The monoisotopic (exact) mass is 919 g/mol. The minimum atomic E-state index is -1.66. The second-order valence-electron chi connectivity index (χ2n) is 21.1. The Labute approximate surface area is 415 Å². The van der Waals surface area contributed by atoms with Crippen LogP contribution in [0.4, 0.5) is 0 Å². The van der Waals surface area contributed by atoms with Crippen LogP contribution in [0, 0.1) is 0 Å². The largest absolute Gasteiger partial charge is 0.488 e. The molecule has 0 amide bonds. The van der Waals surface area contributed by atoms with Crippen molar-refractivity contribution < 1.29 is 20.1 Å². The van der Waals surface area contributed by atoms with Crippen LogP contribution in [0.3, 0.4) is 0 Å². The van der Waals surface area contributed by atoms with E-state index in [0.717, 1.165) is 84.7 Å². The zero-order valence-corrected chi connectivity index (χ0v) is 42.1. The van der Waals surface area contributed by atoms with Crippen molar-refractivity contribution >= 4 is 25.2 Å². The van der Waals surface area contributed by atoms with Gasteiger partial charge in [-0.05, 0) is 114 Å². The van der Waals surface area contributed by atoms with E-state index in [0.29, 0.717) is 10.9 Å². The van der Waals surface area contributed by atoms with Gasteiger partial charge in [-0.15, -0.1) is 0 Å². The van der Waals surface area contributed by atoms with Crippen LogP contribution in [0.5, 0.6) is 0 Å². The van der Waals surface area contributed by atoms with Gasteiger partial charge < -0.3 is 20.1 Å². The molecule has 6 heteroatoms. The average Bonchev–Trinajstić information content (AvgIpc) is 3.93. The van der Waals surface area contributed by atoms with Crippen molar-refractivity contribution in [2.24, 2.45) is 0 Å². The van der Waals surface area contributed by atoms with Gasteiger partial charge in [0.1, 0.15) is 0 Å². The first-order valence-corrected chi connectivity index (χ1v) is 27.2. The second-order valence-corrected chi connectivity index (χ2v) is 21.1. The topological polar surface area (TPSA) is 80.9 Å². The Morgan fingerprint density at radius 2 is 0.638 bits per heavy atom. The molecule has 3 aliphatic carbocycles. The summed E-state index contributed by atoms with van der Waals surface area (Å²) in [4.78, 5) is 0. The molecule has 0 bridgehead atoms. The van der Waals surface area contributed by atoms with Crippen LogP contribution in [-0.4, -0.2) is 34.3 Å². The van der Waals surface area contributed by atoms with Crippen LogP contribution >= 0.6 is 0 Å². The van der Waals surface area contributed by atoms with Crippen molar-refractivity contribution in [2.75, 3.05) is 0 Å². The summed E-state index contributed by atoms with van der Waals surface area (Å²) >= 11 is 0. The van der Waals surface area contributed by atoms with E-state index in [4.69, 9.17) is 0 Å². The van der Waals surface area contributed by atoms with E-state index in [1.54, 1.807) is 0 Å². The van der Waals surface area contributed by atoms with E-state index in [9.17, 15) is 20.1 Å². The Kier molecular flexibility index (Phi) is 15.2. The van der Waals surface area contributed by atoms with Crippen LogP contribution in [0.15, 0.2) is 121 Å². The van der Waals surface area contributed by atoms with E-state index >= 15 is 0 Å². The van der Waals surface area contributed by atoms with E-state index in [1.807, 2.05) is 24.3 Å². The fourth-order valence-corrected chi connectivity index (χ4v) is 13.6. The summed E-state index contributed by atoms with van der Waals surface area (Å²) in [5, 5.41) is 43.9. The fraction of sp³-hybridized carbons (Fsp3) is 0.429. The molecular formula is C63H76B2O4. The Morgan fingerprint density at radius 3 is 0.986 bits per heavy atom. The molecule has 0 aliphatic heterocycles. The molecule has 6 aromatic carbocycles. The second kappa shape index (κ2) is 21.3. The van der Waals surface area contributed by atoms with Crippen LogP contribution in [0.25, 0.3) is 33.4 Å². The molecule has 6 aromatic rings. The van der Waals surface area contributed by atoms with E-state index in [1.165, 1.54) is 122 Å². The van der Waals surface area contributed by atoms with Crippen LogP contribution in [-0.2, 0) is 16.2 Å². The first kappa shape index (κ1) is 49.3. The third-order valence-corrected chi connectivity index (χ3v) is 17.0. The molecule has 0 radical (unpaired) electrons. The molecule has 3 aliphatic rings. The molecule has 4 nitrogen and oxygen atoms in total. The van der Waals surface area contributed by atoms with Gasteiger partial charge in [0.05, 0.1) is 5.41 Å². The smallest absolute Gasteiger partial charge is 0.423 e. The highest BCUT2D eigenvalue weighted by Crippen LogP contribution is 2.62. The third kappa shape index (κ3) is 8.70. The number of benzene rings is 6. The maximum absolute atomic E-state index is 11.0. The molecule has 0 spiro atoms. The molecule has 0 fully saturated rings. The van der Waals surface area contributed by atoms with Crippen molar-refractivity contribution in [3.63, 3.8) is 0 Å². The van der Waals surface area contributed by atoms with Gasteiger partial charge in [-0.25, -0.2) is 0 Å². The predicted octanol–water partition coefficient (Wildman–Crippen LogP) is 13.8. The molecule has 358 valence electrons. The van der Waals surface area contributed by atoms with E-state index in [2.05, 4.69) is 125 Å². The quantitative estimate of drug-likeness (QED) is 0.0360. The van der Waals surface area contributed by atoms with Crippen molar-refractivity contribution in [1.82, 2.24) is 0 Å². The maximum Gasteiger partial charge on any atom is 0.488 e. The Morgan fingerprint density at radius 1 is 0.319 bits per heavy atom. The lowest BCUT2D eigenvalue weighted by Crippen LogP contribution is -2.36. The standard InChI is InChI=1S/C63H76B2O4/c1-5-9-13-21-37-61(38-22-14-10-6-2)55-27-19-17-25-49(55)51-33-29-45(41-57(51)61)63(59-43-47(64(66)67)31-35-53(59)54-36-32-48(65(68)69)44-60(54)63)46-30-34-52-50-26-18-20-28-56(50)62(58(52)42-46,39-23-15-11-7-3)40-24-16-12-8-4/h17-20,25-36,41-44,66-69H,5-16,21-24,37-40H2,1-4H3. The maximum atomic E-state index is 11.0. The van der Waals surface area contributed by atoms with Crippen molar-refractivity contribution in [3.05, 3.63) is 166 Å². The van der Waals surface area contributed by atoms with Gasteiger partial charge in [0.25, 0.3) is 0 Å². The first-order chi connectivity index (χ1) is 33.7. The zero-order valence-electron chi connectivity index (χ0n) is 42.1. The molecule has 0 saturated carbocycles.